The standard InChI is InChI=1S/C14H15BrN2O4/c15-11-4-3-9(17(19)20)7-10(11)14(18)16-12-5-6-21-13(12)8-1-2-8/h3-4,7-8,12-13H,1-2,5-6H2,(H,16,18). The lowest BCUT2D eigenvalue weighted by molar-refractivity contribution is -0.384. The minimum atomic E-state index is -0.505. The number of benzene rings is 1. The molecule has 0 spiro atoms. The summed E-state index contributed by atoms with van der Waals surface area (Å²) in [6, 6.07) is 4.18. The van der Waals surface area contributed by atoms with E-state index in [1.165, 1.54) is 18.2 Å². The van der Waals surface area contributed by atoms with E-state index < -0.39 is 4.92 Å². The summed E-state index contributed by atoms with van der Waals surface area (Å²) in [7, 11) is 0. The van der Waals surface area contributed by atoms with Crippen LogP contribution < -0.4 is 5.32 Å². The average molecular weight is 355 g/mol. The number of hydrogen-bond donors (Lipinski definition) is 1. The Bertz CT molecular complexity index is 588. The predicted molar refractivity (Wildman–Crippen MR) is 79.1 cm³/mol. The maximum absolute atomic E-state index is 12.4. The summed E-state index contributed by atoms with van der Waals surface area (Å²) < 4.78 is 6.23. The smallest absolute Gasteiger partial charge is 0.270 e. The van der Waals surface area contributed by atoms with E-state index in [0.717, 1.165) is 19.3 Å². The molecule has 0 aromatic heterocycles. The Morgan fingerprint density at radius 3 is 2.81 bits per heavy atom. The van der Waals surface area contributed by atoms with Gasteiger partial charge in [0.25, 0.3) is 11.6 Å². The Hall–Kier alpha value is -1.47. The van der Waals surface area contributed by atoms with Gasteiger partial charge in [0.1, 0.15) is 0 Å². The van der Waals surface area contributed by atoms with Crippen LogP contribution in [0.3, 0.4) is 0 Å². The molecule has 0 bridgehead atoms. The summed E-state index contributed by atoms with van der Waals surface area (Å²) in [6.07, 6.45) is 3.18. The second-order valence-electron chi connectivity index (χ2n) is 5.46. The van der Waals surface area contributed by atoms with E-state index in [0.29, 0.717) is 17.0 Å². The maximum atomic E-state index is 12.4. The van der Waals surface area contributed by atoms with E-state index in [9.17, 15) is 14.9 Å². The highest BCUT2D eigenvalue weighted by molar-refractivity contribution is 9.10. The normalized spacial score (nSPS) is 24.8. The van der Waals surface area contributed by atoms with Gasteiger partial charge in [-0.05, 0) is 47.2 Å². The van der Waals surface area contributed by atoms with Gasteiger partial charge in [0.15, 0.2) is 0 Å². The number of carbonyl (C=O) groups excluding carboxylic acids is 1. The van der Waals surface area contributed by atoms with Gasteiger partial charge in [-0.2, -0.15) is 0 Å². The lowest BCUT2D eigenvalue weighted by atomic mass is 10.1. The maximum Gasteiger partial charge on any atom is 0.270 e. The summed E-state index contributed by atoms with van der Waals surface area (Å²) in [5, 5.41) is 13.8. The van der Waals surface area contributed by atoms with Crippen LogP contribution in [0.25, 0.3) is 0 Å². The predicted octanol–water partition coefficient (Wildman–Crippen LogP) is 2.65. The fraction of sp³-hybridized carbons (Fsp3) is 0.500. The number of amides is 1. The number of nitro benzene ring substituents is 1. The molecule has 1 aliphatic carbocycles. The van der Waals surface area contributed by atoms with E-state index in [1.807, 2.05) is 0 Å². The van der Waals surface area contributed by atoms with Crippen molar-refractivity contribution in [1.82, 2.24) is 5.32 Å². The zero-order chi connectivity index (χ0) is 15.0. The minimum absolute atomic E-state index is 0.00355. The zero-order valence-corrected chi connectivity index (χ0v) is 12.8. The van der Waals surface area contributed by atoms with Crippen molar-refractivity contribution in [2.24, 2.45) is 5.92 Å². The molecule has 21 heavy (non-hydrogen) atoms. The van der Waals surface area contributed by atoms with Crippen LogP contribution in [0.2, 0.25) is 0 Å². The number of nitrogens with one attached hydrogen (secondary N) is 1. The first kappa shape index (κ1) is 14.5. The summed E-state index contributed by atoms with van der Waals surface area (Å²) in [5.41, 5.74) is 0.190. The molecule has 1 N–H and O–H groups in total. The van der Waals surface area contributed by atoms with Gasteiger partial charge in [0, 0.05) is 23.2 Å². The fourth-order valence-corrected chi connectivity index (χ4v) is 3.13. The number of hydrogen-bond acceptors (Lipinski definition) is 4. The quantitative estimate of drug-likeness (QED) is 0.665. The van der Waals surface area contributed by atoms with Gasteiger partial charge in [0.05, 0.1) is 22.6 Å². The number of nitrogens with zero attached hydrogens (tertiary/aromatic N) is 1. The number of non-ortho nitro benzene ring substituents is 1. The molecule has 2 unspecified atom stereocenters. The molecule has 2 atom stereocenters. The molecule has 1 aliphatic heterocycles. The summed E-state index contributed by atoms with van der Waals surface area (Å²) >= 11 is 3.27. The van der Waals surface area contributed by atoms with Gasteiger partial charge in [0.2, 0.25) is 0 Å². The summed E-state index contributed by atoms with van der Waals surface area (Å²) in [5.74, 6) is 0.248. The minimum Gasteiger partial charge on any atom is -0.376 e. The van der Waals surface area contributed by atoms with E-state index >= 15 is 0 Å². The SMILES string of the molecule is O=C(NC1CCOC1C1CC1)c1cc([N+](=O)[O-])ccc1Br. The molecular weight excluding hydrogens is 340 g/mol. The van der Waals surface area contributed by atoms with Crippen molar-refractivity contribution in [2.45, 2.75) is 31.4 Å². The lowest BCUT2D eigenvalue weighted by Crippen LogP contribution is -2.41. The van der Waals surface area contributed by atoms with Gasteiger partial charge in [-0.15, -0.1) is 0 Å². The van der Waals surface area contributed by atoms with Crippen LogP contribution in [0, 0.1) is 16.0 Å². The van der Waals surface area contributed by atoms with Crippen LogP contribution >= 0.6 is 15.9 Å². The topological polar surface area (TPSA) is 81.5 Å². The molecule has 2 fully saturated rings. The van der Waals surface area contributed by atoms with Crippen molar-refractivity contribution in [3.63, 3.8) is 0 Å². The Balaban J connectivity index is 1.75. The van der Waals surface area contributed by atoms with Crippen LogP contribution in [-0.4, -0.2) is 29.6 Å². The summed E-state index contributed by atoms with van der Waals surface area (Å²) in [4.78, 5) is 22.7. The van der Waals surface area contributed by atoms with Gasteiger partial charge in [-0.1, -0.05) is 0 Å². The van der Waals surface area contributed by atoms with Crippen molar-refractivity contribution < 1.29 is 14.5 Å². The Morgan fingerprint density at radius 1 is 1.38 bits per heavy atom. The molecule has 3 rings (SSSR count). The van der Waals surface area contributed by atoms with Crippen molar-refractivity contribution >= 4 is 27.5 Å². The molecule has 112 valence electrons. The van der Waals surface area contributed by atoms with Crippen molar-refractivity contribution in [3.05, 3.63) is 38.3 Å². The summed E-state index contributed by atoms with van der Waals surface area (Å²) in [6.45, 7) is 0.655. The molecule has 1 aromatic rings. The van der Waals surface area contributed by atoms with Crippen LogP contribution in [0.15, 0.2) is 22.7 Å². The monoisotopic (exact) mass is 354 g/mol. The van der Waals surface area contributed by atoms with E-state index in [-0.39, 0.29) is 29.3 Å². The number of ether oxygens (including phenoxy) is 1. The molecule has 6 nitrogen and oxygen atoms in total. The number of carbonyl (C=O) groups is 1. The van der Waals surface area contributed by atoms with Gasteiger partial charge < -0.3 is 10.1 Å². The number of nitro groups is 1. The Morgan fingerprint density at radius 2 is 2.14 bits per heavy atom. The number of halogens is 1. The second-order valence-corrected chi connectivity index (χ2v) is 6.32. The van der Waals surface area contributed by atoms with Gasteiger partial charge in [-0.25, -0.2) is 0 Å². The molecule has 1 saturated carbocycles. The Labute approximate surface area is 130 Å². The van der Waals surface area contributed by atoms with Crippen LogP contribution in [0.1, 0.15) is 29.6 Å². The largest absolute Gasteiger partial charge is 0.376 e. The van der Waals surface area contributed by atoms with E-state index in [4.69, 9.17) is 4.74 Å². The third-order valence-corrected chi connectivity index (χ3v) is 4.64. The lowest BCUT2D eigenvalue weighted by Gasteiger charge is -2.19. The second kappa shape index (κ2) is 5.73. The molecule has 1 aromatic carbocycles. The first-order valence-electron chi connectivity index (χ1n) is 6.92. The highest BCUT2D eigenvalue weighted by Crippen LogP contribution is 2.38. The average Bonchev–Trinajstić information content (AvgIpc) is 3.19. The Kier molecular flexibility index (Phi) is 3.95. The van der Waals surface area contributed by atoms with E-state index in [1.54, 1.807) is 0 Å². The van der Waals surface area contributed by atoms with Crippen molar-refractivity contribution in [2.75, 3.05) is 6.61 Å². The molecule has 7 heteroatoms. The fourth-order valence-electron chi connectivity index (χ4n) is 2.70. The van der Waals surface area contributed by atoms with Gasteiger partial charge >= 0.3 is 0 Å². The molecule has 1 heterocycles. The molecule has 1 amide bonds. The first-order valence-corrected chi connectivity index (χ1v) is 7.72. The molecule has 1 saturated heterocycles. The van der Waals surface area contributed by atoms with Crippen molar-refractivity contribution in [3.8, 4) is 0 Å². The van der Waals surface area contributed by atoms with Gasteiger partial charge in [-0.3, -0.25) is 14.9 Å². The molecule has 0 radical (unpaired) electrons. The zero-order valence-electron chi connectivity index (χ0n) is 11.3. The highest BCUT2D eigenvalue weighted by Gasteiger charge is 2.41. The number of rotatable bonds is 4. The van der Waals surface area contributed by atoms with Crippen LogP contribution in [-0.2, 0) is 4.74 Å². The third-order valence-electron chi connectivity index (χ3n) is 3.94. The van der Waals surface area contributed by atoms with Crippen LogP contribution in [0.4, 0.5) is 5.69 Å². The van der Waals surface area contributed by atoms with E-state index in [2.05, 4.69) is 21.2 Å². The van der Waals surface area contributed by atoms with Crippen LogP contribution in [0.5, 0.6) is 0 Å². The van der Waals surface area contributed by atoms with Crippen molar-refractivity contribution in [1.29, 1.82) is 0 Å². The highest BCUT2D eigenvalue weighted by atomic mass is 79.9. The third kappa shape index (κ3) is 3.08. The molecular formula is C14H15BrN2O4. The first-order chi connectivity index (χ1) is 10.1. The molecule has 2 aliphatic rings.